The lowest BCUT2D eigenvalue weighted by Crippen LogP contribution is -2.15. The van der Waals surface area contributed by atoms with Gasteiger partial charge in [0.2, 0.25) is 0 Å². The van der Waals surface area contributed by atoms with Crippen LogP contribution in [-0.2, 0) is 15.7 Å². The van der Waals surface area contributed by atoms with Gasteiger partial charge in [-0.25, -0.2) is 4.79 Å². The van der Waals surface area contributed by atoms with Crippen LogP contribution in [0, 0.1) is 0 Å². The number of carbonyl (C=O) groups is 2. The lowest BCUT2D eigenvalue weighted by Gasteiger charge is -2.09. The number of hydrogen-bond acceptors (Lipinski definition) is 3. The molecule has 1 atom stereocenters. The predicted octanol–water partition coefficient (Wildman–Crippen LogP) is 2.95. The van der Waals surface area contributed by atoms with Crippen LogP contribution in [0.15, 0.2) is 24.4 Å². The van der Waals surface area contributed by atoms with E-state index < -0.39 is 11.8 Å². The molecule has 1 aromatic heterocycles. The zero-order valence-corrected chi connectivity index (χ0v) is 13.0. The van der Waals surface area contributed by atoms with Gasteiger partial charge in [-0.15, -0.1) is 9.24 Å². The molecule has 2 aromatic rings. The van der Waals surface area contributed by atoms with Crippen molar-refractivity contribution in [3.05, 3.63) is 35.5 Å². The number of ether oxygens (including phenoxy) is 1. The van der Waals surface area contributed by atoms with Gasteiger partial charge in [0.05, 0.1) is 12.7 Å². The molecular weight excluding hydrogens is 273 g/mol. The van der Waals surface area contributed by atoms with Crippen LogP contribution in [0.4, 0.5) is 0 Å². The SMILES string of the molecule is COC(=O)C(=O)c1cn(C(C)C)c2ccc(CP)cc12. The minimum Gasteiger partial charge on any atom is -0.463 e. The maximum absolute atomic E-state index is 12.1. The standard InChI is InChI=1S/C15H18NO3P/c1-9(2)16-7-12(14(17)15(18)19-3)11-6-10(8-20)4-5-13(11)16/h4-7,9H,8,20H2,1-3H3. The summed E-state index contributed by atoms with van der Waals surface area (Å²) >= 11 is 0. The lowest BCUT2D eigenvalue weighted by atomic mass is 10.1. The smallest absolute Gasteiger partial charge is 0.379 e. The first-order valence-electron chi connectivity index (χ1n) is 6.45. The number of hydrogen-bond donors (Lipinski definition) is 0. The first kappa shape index (κ1) is 14.7. The molecule has 0 aliphatic carbocycles. The number of methoxy groups -OCH3 is 1. The van der Waals surface area contributed by atoms with Crippen LogP contribution in [0.3, 0.4) is 0 Å². The second-order valence-electron chi connectivity index (χ2n) is 4.92. The van der Waals surface area contributed by atoms with Gasteiger partial charge in [0.25, 0.3) is 5.78 Å². The third kappa shape index (κ3) is 2.48. The van der Waals surface area contributed by atoms with Crippen LogP contribution >= 0.6 is 9.24 Å². The van der Waals surface area contributed by atoms with Crippen LogP contribution < -0.4 is 0 Å². The normalized spacial score (nSPS) is 11.1. The summed E-state index contributed by atoms with van der Waals surface area (Å²) in [5.74, 6) is -1.43. The number of aromatic nitrogens is 1. The van der Waals surface area contributed by atoms with Crippen LogP contribution in [0.1, 0.15) is 35.8 Å². The van der Waals surface area contributed by atoms with E-state index in [0.717, 1.165) is 22.6 Å². The van der Waals surface area contributed by atoms with Crippen molar-refractivity contribution in [3.63, 3.8) is 0 Å². The molecule has 5 heteroatoms. The molecule has 0 radical (unpaired) electrons. The molecule has 0 fully saturated rings. The van der Waals surface area contributed by atoms with E-state index in [1.165, 1.54) is 7.11 Å². The highest BCUT2D eigenvalue weighted by Gasteiger charge is 2.22. The van der Waals surface area contributed by atoms with E-state index in [2.05, 4.69) is 14.0 Å². The van der Waals surface area contributed by atoms with E-state index in [1.54, 1.807) is 6.20 Å². The first-order chi connectivity index (χ1) is 9.49. The number of Topliss-reactive ketones (excluding diaryl/α,β-unsaturated/α-hetero) is 1. The Morgan fingerprint density at radius 3 is 2.60 bits per heavy atom. The van der Waals surface area contributed by atoms with Crippen LogP contribution in [0.25, 0.3) is 10.9 Å². The van der Waals surface area contributed by atoms with Crippen LogP contribution in [-0.4, -0.2) is 23.4 Å². The van der Waals surface area contributed by atoms with Gasteiger partial charge in [0.15, 0.2) is 0 Å². The monoisotopic (exact) mass is 291 g/mol. The predicted molar refractivity (Wildman–Crippen MR) is 82.1 cm³/mol. The number of nitrogens with zero attached hydrogens (tertiary/aromatic N) is 1. The van der Waals surface area contributed by atoms with Gasteiger partial charge < -0.3 is 9.30 Å². The molecule has 106 valence electrons. The topological polar surface area (TPSA) is 48.3 Å². The van der Waals surface area contributed by atoms with Crippen molar-refractivity contribution < 1.29 is 14.3 Å². The number of rotatable bonds is 4. The number of carbonyl (C=O) groups excluding carboxylic acids is 2. The molecule has 4 nitrogen and oxygen atoms in total. The third-order valence-corrected chi connectivity index (χ3v) is 3.78. The first-order valence-corrected chi connectivity index (χ1v) is 7.27. The zero-order valence-electron chi connectivity index (χ0n) is 11.8. The fourth-order valence-corrected chi connectivity index (χ4v) is 2.49. The number of benzene rings is 1. The molecule has 0 amide bonds. The minimum atomic E-state index is -0.830. The second-order valence-corrected chi connectivity index (χ2v) is 5.33. The maximum Gasteiger partial charge on any atom is 0.379 e. The van der Waals surface area contributed by atoms with Gasteiger partial charge >= 0.3 is 5.97 Å². The Morgan fingerprint density at radius 2 is 2.05 bits per heavy atom. The minimum absolute atomic E-state index is 0.207. The lowest BCUT2D eigenvalue weighted by molar-refractivity contribution is -0.135. The van der Waals surface area contributed by atoms with Gasteiger partial charge in [-0.2, -0.15) is 0 Å². The summed E-state index contributed by atoms with van der Waals surface area (Å²) in [7, 11) is 3.87. The molecule has 0 aliphatic rings. The third-order valence-electron chi connectivity index (χ3n) is 3.30. The summed E-state index contributed by atoms with van der Waals surface area (Å²) in [5.41, 5.74) is 2.46. The van der Waals surface area contributed by atoms with Crippen molar-refractivity contribution in [1.29, 1.82) is 0 Å². The highest BCUT2D eigenvalue weighted by Crippen LogP contribution is 2.27. The summed E-state index contributed by atoms with van der Waals surface area (Å²) in [5, 5.41) is 0.800. The van der Waals surface area contributed by atoms with Crippen molar-refractivity contribution in [2.75, 3.05) is 7.11 Å². The van der Waals surface area contributed by atoms with Crippen molar-refractivity contribution >= 4 is 31.9 Å². The molecule has 1 unspecified atom stereocenters. The fourth-order valence-electron chi connectivity index (χ4n) is 2.24. The second kappa shape index (κ2) is 5.76. The number of fused-ring (bicyclic) bond motifs is 1. The van der Waals surface area contributed by atoms with Crippen molar-refractivity contribution in [2.24, 2.45) is 0 Å². The Balaban J connectivity index is 2.69. The Hall–Kier alpha value is -1.67. The summed E-state index contributed by atoms with van der Waals surface area (Å²) in [6.45, 7) is 4.07. The average Bonchev–Trinajstić information content (AvgIpc) is 2.84. The van der Waals surface area contributed by atoms with Gasteiger partial charge in [-0.05, 0) is 37.7 Å². The zero-order chi connectivity index (χ0) is 14.9. The van der Waals surface area contributed by atoms with E-state index in [4.69, 9.17) is 0 Å². The maximum atomic E-state index is 12.1. The van der Waals surface area contributed by atoms with Gasteiger partial charge in [-0.1, -0.05) is 6.07 Å². The molecule has 0 saturated heterocycles. The Labute approximate surface area is 120 Å². The van der Waals surface area contributed by atoms with Crippen molar-refractivity contribution in [3.8, 4) is 0 Å². The van der Waals surface area contributed by atoms with E-state index in [-0.39, 0.29) is 6.04 Å². The molecule has 1 heterocycles. The molecule has 0 spiro atoms. The van der Waals surface area contributed by atoms with Crippen LogP contribution in [0.5, 0.6) is 0 Å². The summed E-state index contributed by atoms with van der Waals surface area (Å²) < 4.78 is 6.54. The Kier molecular flexibility index (Phi) is 4.24. The number of esters is 1. The van der Waals surface area contributed by atoms with Crippen molar-refractivity contribution in [2.45, 2.75) is 26.1 Å². The molecule has 1 aromatic carbocycles. The summed E-state index contributed by atoms with van der Waals surface area (Å²) in [4.78, 5) is 23.6. The van der Waals surface area contributed by atoms with Crippen molar-refractivity contribution in [1.82, 2.24) is 4.57 Å². The summed E-state index contributed by atoms with van der Waals surface area (Å²) in [6, 6.07) is 6.18. The highest BCUT2D eigenvalue weighted by molar-refractivity contribution is 7.15. The molecule has 0 saturated carbocycles. The Bertz CT molecular complexity index is 673. The molecule has 2 rings (SSSR count). The molecular formula is C15H18NO3P. The van der Waals surface area contributed by atoms with E-state index in [0.29, 0.717) is 5.56 Å². The largest absolute Gasteiger partial charge is 0.463 e. The molecule has 0 N–H and O–H groups in total. The highest BCUT2D eigenvalue weighted by atomic mass is 31.0. The Morgan fingerprint density at radius 1 is 1.35 bits per heavy atom. The van der Waals surface area contributed by atoms with E-state index >= 15 is 0 Å². The molecule has 0 bridgehead atoms. The summed E-state index contributed by atoms with van der Waals surface area (Å²) in [6.07, 6.45) is 2.54. The van der Waals surface area contributed by atoms with E-state index in [1.807, 2.05) is 36.6 Å². The molecule has 0 aliphatic heterocycles. The van der Waals surface area contributed by atoms with E-state index in [9.17, 15) is 9.59 Å². The quantitative estimate of drug-likeness (QED) is 0.376. The molecule has 20 heavy (non-hydrogen) atoms. The fraction of sp³-hybridized carbons (Fsp3) is 0.333. The van der Waals surface area contributed by atoms with Crippen LogP contribution in [0.2, 0.25) is 0 Å². The average molecular weight is 291 g/mol. The van der Waals surface area contributed by atoms with Gasteiger partial charge in [0.1, 0.15) is 0 Å². The van der Waals surface area contributed by atoms with Gasteiger partial charge in [-0.3, -0.25) is 4.79 Å². The number of ketones is 1. The van der Waals surface area contributed by atoms with Gasteiger partial charge in [0, 0.05) is 23.1 Å².